The zero-order valence-electron chi connectivity index (χ0n) is 11.3. The van der Waals surface area contributed by atoms with E-state index in [1.807, 2.05) is 0 Å². The lowest BCUT2D eigenvalue weighted by atomic mass is 10.4. The molecule has 0 bridgehead atoms. The number of halogens is 2. The number of hydrogen-bond acceptors (Lipinski definition) is 4. The van der Waals surface area contributed by atoms with Crippen LogP contribution < -0.4 is 5.32 Å². The predicted octanol–water partition coefficient (Wildman–Crippen LogP) is 1.95. The number of methoxy groups -OCH3 is 1. The summed E-state index contributed by atoms with van der Waals surface area (Å²) in [5, 5.41) is 7.15. The van der Waals surface area contributed by atoms with Gasteiger partial charge < -0.3 is 14.6 Å². The highest BCUT2D eigenvalue weighted by Gasteiger charge is 2.16. The van der Waals surface area contributed by atoms with Crippen molar-refractivity contribution in [2.75, 3.05) is 12.4 Å². The number of carbonyl (C=O) groups is 2. The van der Waals surface area contributed by atoms with Crippen molar-refractivity contribution in [2.45, 2.75) is 6.54 Å². The third kappa shape index (κ3) is 3.37. The number of ether oxygens (including phenoxy) is 1. The molecule has 1 amide bonds. The molecular weight excluding hydrogens is 319 g/mol. The van der Waals surface area contributed by atoms with Crippen LogP contribution in [0.2, 0.25) is 10.2 Å². The number of rotatable bonds is 4. The molecule has 2 aromatic rings. The van der Waals surface area contributed by atoms with Gasteiger partial charge in [-0.25, -0.2) is 0 Å². The van der Waals surface area contributed by atoms with Crippen LogP contribution in [0.25, 0.3) is 0 Å². The minimum atomic E-state index is -0.433. The smallest absolute Gasteiger partial charge is 0.327 e. The number of nitrogens with zero attached hydrogens (tertiary/aromatic N) is 3. The van der Waals surface area contributed by atoms with E-state index < -0.39 is 5.97 Å². The Bertz CT molecular complexity index is 693. The van der Waals surface area contributed by atoms with Gasteiger partial charge >= 0.3 is 5.97 Å². The molecule has 0 aliphatic rings. The molecule has 2 aromatic heterocycles. The Hall–Kier alpha value is -1.99. The highest BCUT2D eigenvalue weighted by Crippen LogP contribution is 2.25. The molecule has 2 rings (SSSR count). The summed E-state index contributed by atoms with van der Waals surface area (Å²) >= 11 is 11.8. The normalized spacial score (nSPS) is 10.5. The zero-order chi connectivity index (χ0) is 15.6. The highest BCUT2D eigenvalue weighted by molar-refractivity contribution is 6.42. The number of aromatic nitrogens is 3. The summed E-state index contributed by atoms with van der Waals surface area (Å²) < 4.78 is 7.35. The predicted molar refractivity (Wildman–Crippen MR) is 77.6 cm³/mol. The molecule has 0 unspecified atom stereocenters. The average Bonchev–Trinajstić information content (AvgIpc) is 2.98. The van der Waals surface area contributed by atoms with E-state index in [0.717, 1.165) is 0 Å². The lowest BCUT2D eigenvalue weighted by molar-refractivity contribution is -0.141. The van der Waals surface area contributed by atoms with Crippen molar-refractivity contribution in [3.63, 3.8) is 0 Å². The van der Waals surface area contributed by atoms with Gasteiger partial charge in [-0.3, -0.25) is 14.3 Å². The fourth-order valence-corrected chi connectivity index (χ4v) is 2.04. The number of hydrogen-bond donors (Lipinski definition) is 1. The topological polar surface area (TPSA) is 78.1 Å². The van der Waals surface area contributed by atoms with Gasteiger partial charge in [-0.1, -0.05) is 23.2 Å². The summed E-state index contributed by atoms with van der Waals surface area (Å²) in [4.78, 5) is 23.2. The van der Waals surface area contributed by atoms with E-state index in [2.05, 4.69) is 15.2 Å². The monoisotopic (exact) mass is 330 g/mol. The van der Waals surface area contributed by atoms with Gasteiger partial charge in [-0.2, -0.15) is 5.10 Å². The Kier molecular flexibility index (Phi) is 4.54. The molecule has 21 heavy (non-hydrogen) atoms. The Morgan fingerprint density at radius 1 is 1.43 bits per heavy atom. The highest BCUT2D eigenvalue weighted by atomic mass is 35.5. The van der Waals surface area contributed by atoms with Crippen LogP contribution in [-0.4, -0.2) is 33.3 Å². The molecule has 0 radical (unpaired) electrons. The van der Waals surface area contributed by atoms with Crippen LogP contribution in [0.15, 0.2) is 18.5 Å². The maximum Gasteiger partial charge on any atom is 0.327 e. The van der Waals surface area contributed by atoms with Crippen LogP contribution >= 0.6 is 23.2 Å². The summed E-state index contributed by atoms with van der Waals surface area (Å²) in [5.41, 5.74) is 0.753. The number of carbonyl (C=O) groups excluding carboxylic acids is 2. The second kappa shape index (κ2) is 6.19. The Morgan fingerprint density at radius 2 is 2.14 bits per heavy atom. The zero-order valence-corrected chi connectivity index (χ0v) is 12.8. The SMILES string of the molecule is COC(=O)Cn1cc(NC(=O)c2cc(Cl)c(Cl)n2C)cn1. The first-order chi connectivity index (χ1) is 9.92. The van der Waals surface area contributed by atoms with Crippen molar-refractivity contribution in [3.8, 4) is 0 Å². The Labute approximate surface area is 130 Å². The molecule has 0 saturated heterocycles. The van der Waals surface area contributed by atoms with Gasteiger partial charge in [0.15, 0.2) is 0 Å². The van der Waals surface area contributed by atoms with Gasteiger partial charge in [0.05, 0.1) is 24.0 Å². The maximum absolute atomic E-state index is 12.1. The van der Waals surface area contributed by atoms with E-state index in [0.29, 0.717) is 16.4 Å². The number of nitrogens with one attached hydrogen (secondary N) is 1. The second-order valence-electron chi connectivity index (χ2n) is 4.18. The van der Waals surface area contributed by atoms with E-state index in [-0.39, 0.29) is 17.6 Å². The first-order valence-electron chi connectivity index (χ1n) is 5.83. The number of anilines is 1. The van der Waals surface area contributed by atoms with Gasteiger partial charge in [-0.05, 0) is 6.07 Å². The molecular formula is C12H12Cl2N4O3. The first-order valence-corrected chi connectivity index (χ1v) is 6.59. The molecule has 0 aliphatic heterocycles. The second-order valence-corrected chi connectivity index (χ2v) is 4.95. The van der Waals surface area contributed by atoms with Gasteiger partial charge in [0, 0.05) is 13.2 Å². The summed E-state index contributed by atoms with van der Waals surface area (Å²) in [7, 11) is 2.92. The quantitative estimate of drug-likeness (QED) is 0.869. The third-order valence-electron chi connectivity index (χ3n) is 2.76. The van der Waals surface area contributed by atoms with Gasteiger partial charge in [0.2, 0.25) is 0 Å². The Balaban J connectivity index is 2.09. The molecule has 0 aromatic carbocycles. The number of esters is 1. The molecule has 0 spiro atoms. The van der Waals surface area contributed by atoms with Crippen LogP contribution in [0.5, 0.6) is 0 Å². The molecule has 0 atom stereocenters. The van der Waals surface area contributed by atoms with Gasteiger partial charge in [0.1, 0.15) is 17.4 Å². The third-order valence-corrected chi connectivity index (χ3v) is 3.60. The van der Waals surface area contributed by atoms with Crippen LogP contribution in [0.1, 0.15) is 10.5 Å². The van der Waals surface area contributed by atoms with Crippen LogP contribution in [0.4, 0.5) is 5.69 Å². The van der Waals surface area contributed by atoms with Gasteiger partial charge in [0.25, 0.3) is 5.91 Å². The lowest BCUT2D eigenvalue weighted by Crippen LogP contribution is -2.15. The first kappa shape index (κ1) is 15.4. The molecule has 0 fully saturated rings. The largest absolute Gasteiger partial charge is 0.468 e. The lowest BCUT2D eigenvalue weighted by Gasteiger charge is -2.04. The van der Waals surface area contributed by atoms with Crippen molar-refractivity contribution >= 4 is 40.8 Å². The minimum Gasteiger partial charge on any atom is -0.468 e. The van der Waals surface area contributed by atoms with Crippen molar-refractivity contribution in [1.29, 1.82) is 0 Å². The van der Waals surface area contributed by atoms with E-state index in [1.54, 1.807) is 7.05 Å². The maximum atomic E-state index is 12.1. The fourth-order valence-electron chi connectivity index (χ4n) is 1.67. The van der Waals surface area contributed by atoms with Crippen LogP contribution in [0.3, 0.4) is 0 Å². The molecule has 2 heterocycles. The van der Waals surface area contributed by atoms with Crippen LogP contribution in [-0.2, 0) is 23.1 Å². The van der Waals surface area contributed by atoms with Crippen molar-refractivity contribution in [3.05, 3.63) is 34.3 Å². The summed E-state index contributed by atoms with van der Waals surface area (Å²) in [5.74, 6) is -0.819. The standard InChI is InChI=1S/C12H12Cl2N4O3/c1-17-9(3-8(13)11(17)14)12(20)16-7-4-15-18(5-7)6-10(19)21-2/h3-5H,6H2,1-2H3,(H,16,20). The van der Waals surface area contributed by atoms with E-state index in [1.165, 1.54) is 34.8 Å². The molecule has 1 N–H and O–H groups in total. The van der Waals surface area contributed by atoms with E-state index in [4.69, 9.17) is 23.2 Å². The molecule has 0 saturated carbocycles. The molecule has 9 heteroatoms. The number of amides is 1. The molecule has 0 aliphatic carbocycles. The minimum absolute atomic E-state index is 0.0336. The Morgan fingerprint density at radius 3 is 2.71 bits per heavy atom. The van der Waals surface area contributed by atoms with Gasteiger partial charge in [-0.15, -0.1) is 0 Å². The fraction of sp³-hybridized carbons (Fsp3) is 0.250. The van der Waals surface area contributed by atoms with Crippen molar-refractivity contribution < 1.29 is 14.3 Å². The molecule has 112 valence electrons. The summed E-state index contributed by atoms with van der Waals surface area (Å²) in [6, 6.07) is 1.47. The van der Waals surface area contributed by atoms with E-state index >= 15 is 0 Å². The summed E-state index contributed by atoms with van der Waals surface area (Å²) in [6.07, 6.45) is 2.94. The summed E-state index contributed by atoms with van der Waals surface area (Å²) in [6.45, 7) is -0.0336. The van der Waals surface area contributed by atoms with Crippen molar-refractivity contribution in [1.82, 2.24) is 14.3 Å². The molecule has 7 nitrogen and oxygen atoms in total. The van der Waals surface area contributed by atoms with E-state index in [9.17, 15) is 9.59 Å². The van der Waals surface area contributed by atoms with Crippen molar-refractivity contribution in [2.24, 2.45) is 7.05 Å². The average molecular weight is 331 g/mol. The van der Waals surface area contributed by atoms with Crippen LogP contribution in [0, 0.1) is 0 Å².